The number of sulfonamides is 1. The lowest BCUT2D eigenvalue weighted by Crippen LogP contribution is -2.15. The fraction of sp³-hybridized carbons (Fsp3) is 0.357. The minimum absolute atomic E-state index is 0.318. The smallest absolute Gasteiger partial charge is 0.272 e. The van der Waals surface area contributed by atoms with Crippen LogP contribution in [0.1, 0.15) is 24.1 Å². The van der Waals surface area contributed by atoms with Crippen LogP contribution in [0.2, 0.25) is 0 Å². The van der Waals surface area contributed by atoms with Gasteiger partial charge in [-0.25, -0.2) is 13.4 Å². The number of nitrogens with zero attached hydrogens (tertiary/aromatic N) is 1. The van der Waals surface area contributed by atoms with E-state index in [1.165, 1.54) is 24.2 Å². The number of hydrogen-bond donors (Lipinski definition) is 2. The molecule has 2 N–H and O–H groups in total. The maximum atomic E-state index is 12.3. The lowest BCUT2D eigenvalue weighted by atomic mass is 10.3. The first kappa shape index (κ1) is 14.5. The molecule has 5 nitrogen and oxygen atoms in total. The second-order valence-electron chi connectivity index (χ2n) is 5.20. The number of pyridine rings is 1. The Balaban J connectivity index is 1.71. The molecular formula is C14H17N3O2S2. The van der Waals surface area contributed by atoms with Crippen molar-refractivity contribution in [2.45, 2.75) is 36.6 Å². The second-order valence-corrected chi connectivity index (χ2v) is 8.02. The van der Waals surface area contributed by atoms with Gasteiger partial charge in [-0.2, -0.15) is 0 Å². The van der Waals surface area contributed by atoms with Gasteiger partial charge >= 0.3 is 0 Å². The van der Waals surface area contributed by atoms with Crippen molar-refractivity contribution in [1.82, 2.24) is 10.3 Å². The van der Waals surface area contributed by atoms with E-state index >= 15 is 0 Å². The molecule has 2 aromatic rings. The Morgan fingerprint density at radius 2 is 2.19 bits per heavy atom. The van der Waals surface area contributed by atoms with E-state index < -0.39 is 10.0 Å². The molecule has 0 aromatic carbocycles. The molecule has 0 atom stereocenters. The summed E-state index contributed by atoms with van der Waals surface area (Å²) in [6, 6.07) is 7.58. The summed E-state index contributed by atoms with van der Waals surface area (Å²) in [6.07, 6.45) is 2.44. The summed E-state index contributed by atoms with van der Waals surface area (Å²) >= 11 is 1.23. The van der Waals surface area contributed by atoms with Gasteiger partial charge < -0.3 is 5.32 Å². The van der Waals surface area contributed by atoms with Crippen molar-refractivity contribution in [1.29, 1.82) is 0 Å². The molecule has 21 heavy (non-hydrogen) atoms. The van der Waals surface area contributed by atoms with E-state index in [2.05, 4.69) is 15.0 Å². The highest BCUT2D eigenvalue weighted by atomic mass is 32.2. The molecule has 0 aliphatic heterocycles. The van der Waals surface area contributed by atoms with Gasteiger partial charge in [0.2, 0.25) is 0 Å². The molecule has 1 aliphatic rings. The van der Waals surface area contributed by atoms with Crippen LogP contribution in [0.4, 0.5) is 5.82 Å². The maximum Gasteiger partial charge on any atom is 0.272 e. The normalized spacial score (nSPS) is 15.1. The summed E-state index contributed by atoms with van der Waals surface area (Å²) in [5, 5.41) is 5.26. The van der Waals surface area contributed by atoms with E-state index in [4.69, 9.17) is 0 Å². The van der Waals surface area contributed by atoms with Crippen LogP contribution in [-0.2, 0) is 16.6 Å². The number of aromatic nitrogens is 1. The summed E-state index contributed by atoms with van der Waals surface area (Å²) < 4.78 is 27.5. The molecule has 0 unspecified atom stereocenters. The zero-order valence-corrected chi connectivity index (χ0v) is 13.3. The van der Waals surface area contributed by atoms with Crippen LogP contribution in [-0.4, -0.2) is 19.4 Å². The summed E-state index contributed by atoms with van der Waals surface area (Å²) in [7, 11) is -3.55. The van der Waals surface area contributed by atoms with Gasteiger partial charge in [-0.15, -0.1) is 11.3 Å². The SMILES string of the molecule is Cc1cccc(NS(=O)(=O)c2cc(CNC3CC3)cs2)n1. The van der Waals surface area contributed by atoms with Crippen LogP contribution in [0.25, 0.3) is 0 Å². The lowest BCUT2D eigenvalue weighted by Gasteiger charge is -2.05. The van der Waals surface area contributed by atoms with Crippen molar-refractivity contribution in [2.75, 3.05) is 4.72 Å². The summed E-state index contributed by atoms with van der Waals surface area (Å²) in [6.45, 7) is 2.55. The van der Waals surface area contributed by atoms with Crippen molar-refractivity contribution in [3.8, 4) is 0 Å². The first-order valence-corrected chi connectivity index (χ1v) is 9.16. The van der Waals surface area contributed by atoms with Crippen LogP contribution in [0, 0.1) is 6.92 Å². The van der Waals surface area contributed by atoms with Gasteiger partial charge in [0.15, 0.2) is 0 Å². The second kappa shape index (κ2) is 5.75. The van der Waals surface area contributed by atoms with Gasteiger partial charge in [0.05, 0.1) is 0 Å². The van der Waals surface area contributed by atoms with Crippen LogP contribution in [0.3, 0.4) is 0 Å². The van der Waals surface area contributed by atoms with Crippen LogP contribution >= 0.6 is 11.3 Å². The highest BCUT2D eigenvalue weighted by Crippen LogP contribution is 2.24. The fourth-order valence-electron chi connectivity index (χ4n) is 1.92. The maximum absolute atomic E-state index is 12.3. The van der Waals surface area contributed by atoms with Crippen molar-refractivity contribution in [2.24, 2.45) is 0 Å². The third-order valence-corrected chi connectivity index (χ3v) is 6.04. The molecule has 3 rings (SSSR count). The van der Waals surface area contributed by atoms with E-state index in [1.807, 2.05) is 18.4 Å². The number of anilines is 1. The highest BCUT2D eigenvalue weighted by Gasteiger charge is 2.21. The predicted octanol–water partition coefficient (Wildman–Crippen LogP) is 2.50. The molecule has 0 bridgehead atoms. The Morgan fingerprint density at radius 3 is 2.90 bits per heavy atom. The van der Waals surface area contributed by atoms with Crippen molar-refractivity contribution >= 4 is 27.2 Å². The Hall–Kier alpha value is -1.44. The van der Waals surface area contributed by atoms with Gasteiger partial charge in [-0.1, -0.05) is 6.07 Å². The molecule has 2 aromatic heterocycles. The lowest BCUT2D eigenvalue weighted by molar-refractivity contribution is 0.602. The average molecular weight is 323 g/mol. The van der Waals surface area contributed by atoms with Gasteiger partial charge in [0.1, 0.15) is 10.0 Å². The molecule has 0 radical (unpaired) electrons. The zero-order chi connectivity index (χ0) is 14.9. The van der Waals surface area contributed by atoms with E-state index in [-0.39, 0.29) is 0 Å². The van der Waals surface area contributed by atoms with Crippen molar-refractivity contribution < 1.29 is 8.42 Å². The molecule has 0 saturated heterocycles. The van der Waals surface area contributed by atoms with Gasteiger partial charge in [-0.05, 0) is 48.9 Å². The Kier molecular flexibility index (Phi) is 3.97. The first-order valence-electron chi connectivity index (χ1n) is 6.80. The monoisotopic (exact) mass is 323 g/mol. The summed E-state index contributed by atoms with van der Waals surface area (Å²) in [4.78, 5) is 4.16. The largest absolute Gasteiger partial charge is 0.310 e. The first-order chi connectivity index (χ1) is 10.0. The van der Waals surface area contributed by atoms with E-state index in [0.29, 0.717) is 16.1 Å². The molecule has 0 spiro atoms. The van der Waals surface area contributed by atoms with E-state index in [1.54, 1.807) is 18.2 Å². The average Bonchev–Trinajstić information content (AvgIpc) is 3.12. The van der Waals surface area contributed by atoms with E-state index in [9.17, 15) is 8.42 Å². The molecule has 112 valence electrons. The van der Waals surface area contributed by atoms with Crippen molar-refractivity contribution in [3.63, 3.8) is 0 Å². The van der Waals surface area contributed by atoms with Gasteiger partial charge in [0, 0.05) is 18.3 Å². The fourth-order valence-corrected chi connectivity index (χ4v) is 4.13. The molecule has 2 heterocycles. The van der Waals surface area contributed by atoms with E-state index in [0.717, 1.165) is 17.8 Å². The number of rotatable bonds is 6. The Morgan fingerprint density at radius 1 is 1.38 bits per heavy atom. The minimum Gasteiger partial charge on any atom is -0.310 e. The Bertz CT molecular complexity index is 736. The standard InChI is InChI=1S/C14H17N3O2S2/c1-10-3-2-4-13(16-10)17-21(18,19)14-7-11(9-20-14)8-15-12-5-6-12/h2-4,7,9,12,15H,5-6,8H2,1H3,(H,16,17). The third kappa shape index (κ3) is 3.81. The molecule has 1 fully saturated rings. The highest BCUT2D eigenvalue weighted by molar-refractivity contribution is 7.94. The summed E-state index contributed by atoms with van der Waals surface area (Å²) in [5.74, 6) is 0.348. The Labute approximate surface area is 128 Å². The van der Waals surface area contributed by atoms with Gasteiger partial charge in [0.25, 0.3) is 10.0 Å². The van der Waals surface area contributed by atoms with Crippen LogP contribution in [0.5, 0.6) is 0 Å². The van der Waals surface area contributed by atoms with Gasteiger partial charge in [-0.3, -0.25) is 4.72 Å². The predicted molar refractivity (Wildman–Crippen MR) is 84.0 cm³/mol. The number of thiophene rings is 1. The topological polar surface area (TPSA) is 71.1 Å². The molecule has 7 heteroatoms. The zero-order valence-electron chi connectivity index (χ0n) is 11.7. The molecular weight excluding hydrogens is 306 g/mol. The number of hydrogen-bond acceptors (Lipinski definition) is 5. The summed E-state index contributed by atoms with van der Waals surface area (Å²) in [5.41, 5.74) is 1.78. The minimum atomic E-state index is -3.55. The van der Waals surface area contributed by atoms with Crippen LogP contribution < -0.4 is 10.0 Å². The molecule has 1 saturated carbocycles. The quantitative estimate of drug-likeness (QED) is 0.857. The molecule has 0 amide bonds. The number of nitrogens with one attached hydrogen (secondary N) is 2. The van der Waals surface area contributed by atoms with Crippen molar-refractivity contribution in [3.05, 3.63) is 40.9 Å². The molecule has 1 aliphatic carbocycles. The van der Waals surface area contributed by atoms with Crippen LogP contribution in [0.15, 0.2) is 33.9 Å². The third-order valence-electron chi connectivity index (χ3n) is 3.19. The number of aryl methyl sites for hydroxylation is 1.